The number of anilines is 1. The highest BCUT2D eigenvalue weighted by atomic mass is 32.1. The second-order valence-electron chi connectivity index (χ2n) is 2.74. The molecular weight excluding hydrogens is 222 g/mol. The second kappa shape index (κ2) is 5.20. The molecule has 1 atom stereocenters. The first-order valence-electron chi connectivity index (χ1n) is 4.02. The Morgan fingerprint density at radius 1 is 1.60 bits per heavy atom. The Balaban J connectivity index is 2.28. The molecule has 2 amide bonds. The summed E-state index contributed by atoms with van der Waals surface area (Å²) in [5, 5.41) is 20.3. The van der Waals surface area contributed by atoms with Crippen LogP contribution < -0.4 is 10.6 Å². The van der Waals surface area contributed by atoms with Crippen LogP contribution in [-0.4, -0.2) is 38.5 Å². The molecule has 0 radical (unpaired) electrons. The summed E-state index contributed by atoms with van der Waals surface area (Å²) in [5.74, 6) is -1.60. The maximum Gasteiger partial charge on any atom is 0.321 e. The summed E-state index contributed by atoms with van der Waals surface area (Å²) in [5.41, 5.74) is 0. The molecule has 8 nitrogen and oxygen atoms in total. The van der Waals surface area contributed by atoms with Gasteiger partial charge in [0.15, 0.2) is 0 Å². The number of carboxylic acids is 1. The molecule has 0 saturated heterocycles. The average Bonchev–Trinajstić information content (AvgIpc) is 2.66. The summed E-state index contributed by atoms with van der Waals surface area (Å²) in [6.45, 7) is 1.54. The van der Waals surface area contributed by atoms with Gasteiger partial charge in [0, 0.05) is 18.1 Å². The Morgan fingerprint density at radius 2 is 2.33 bits per heavy atom. The van der Waals surface area contributed by atoms with Crippen LogP contribution in [0.15, 0.2) is 0 Å². The van der Waals surface area contributed by atoms with Crippen LogP contribution >= 0.6 is 11.5 Å². The van der Waals surface area contributed by atoms with Crippen LogP contribution in [0.5, 0.6) is 0 Å². The predicted octanol–water partition coefficient (Wildman–Crippen LogP) is -0.225. The normalized spacial score (nSPS) is 11.8. The number of carbonyl (C=O) groups excluding carboxylic acids is 1. The number of carbonyl (C=O) groups is 2. The van der Waals surface area contributed by atoms with Gasteiger partial charge in [-0.15, -0.1) is 0 Å². The van der Waals surface area contributed by atoms with Gasteiger partial charge in [-0.3, -0.25) is 10.1 Å². The van der Waals surface area contributed by atoms with Crippen molar-refractivity contribution in [1.82, 2.24) is 20.1 Å². The van der Waals surface area contributed by atoms with Crippen molar-refractivity contribution in [2.45, 2.75) is 6.92 Å². The number of hydrogen-bond acceptors (Lipinski definition) is 6. The van der Waals surface area contributed by atoms with Gasteiger partial charge in [0.05, 0.1) is 5.92 Å². The van der Waals surface area contributed by atoms with E-state index in [1.807, 2.05) is 0 Å². The summed E-state index contributed by atoms with van der Waals surface area (Å²) >= 11 is 0.931. The van der Waals surface area contributed by atoms with Gasteiger partial charge in [-0.05, 0) is 5.21 Å². The third-order valence-corrected chi connectivity index (χ3v) is 2.02. The third kappa shape index (κ3) is 3.85. The maximum atomic E-state index is 11.1. The van der Waals surface area contributed by atoms with Crippen molar-refractivity contribution in [2.24, 2.45) is 5.92 Å². The van der Waals surface area contributed by atoms with E-state index in [4.69, 9.17) is 5.11 Å². The molecule has 3 N–H and O–H groups in total. The lowest BCUT2D eigenvalue weighted by Gasteiger charge is -2.07. The lowest BCUT2D eigenvalue weighted by molar-refractivity contribution is -0.140. The van der Waals surface area contributed by atoms with Crippen LogP contribution in [0.1, 0.15) is 6.92 Å². The maximum absolute atomic E-state index is 11.1. The van der Waals surface area contributed by atoms with Crippen molar-refractivity contribution in [3.05, 3.63) is 0 Å². The topological polar surface area (TPSA) is 117 Å². The molecule has 9 heteroatoms. The minimum Gasteiger partial charge on any atom is -0.481 e. The van der Waals surface area contributed by atoms with E-state index >= 15 is 0 Å². The fourth-order valence-corrected chi connectivity index (χ4v) is 1.02. The van der Waals surface area contributed by atoms with E-state index in [0.717, 1.165) is 11.5 Å². The van der Waals surface area contributed by atoms with Crippen molar-refractivity contribution < 1.29 is 14.7 Å². The smallest absolute Gasteiger partial charge is 0.321 e. The van der Waals surface area contributed by atoms with Crippen LogP contribution in [0, 0.1) is 5.92 Å². The monoisotopic (exact) mass is 231 g/mol. The Bertz CT molecular complexity index is 341. The quantitative estimate of drug-likeness (QED) is 0.659. The summed E-state index contributed by atoms with van der Waals surface area (Å²) in [7, 11) is 0. The predicted molar refractivity (Wildman–Crippen MR) is 51.5 cm³/mol. The first-order valence-corrected chi connectivity index (χ1v) is 4.79. The number of hydrogen-bond donors (Lipinski definition) is 3. The molecule has 0 aliphatic carbocycles. The van der Waals surface area contributed by atoms with Crippen LogP contribution in [-0.2, 0) is 4.79 Å². The number of amides is 2. The number of nitrogens with one attached hydrogen (secondary N) is 2. The molecule has 1 aromatic heterocycles. The molecular formula is C6H9N5O3S. The molecule has 15 heavy (non-hydrogen) atoms. The van der Waals surface area contributed by atoms with E-state index in [2.05, 4.69) is 25.4 Å². The zero-order chi connectivity index (χ0) is 11.3. The van der Waals surface area contributed by atoms with Gasteiger partial charge in [-0.1, -0.05) is 16.5 Å². The van der Waals surface area contributed by atoms with Gasteiger partial charge in [0.2, 0.25) is 5.13 Å². The highest BCUT2D eigenvalue weighted by molar-refractivity contribution is 7.09. The summed E-state index contributed by atoms with van der Waals surface area (Å²) in [6.07, 6.45) is 0. The van der Waals surface area contributed by atoms with E-state index in [1.165, 1.54) is 6.92 Å². The van der Waals surface area contributed by atoms with Crippen molar-refractivity contribution in [2.75, 3.05) is 11.9 Å². The first-order chi connectivity index (χ1) is 7.09. The SMILES string of the molecule is CC(CNC(=O)Nc1nnns1)C(=O)O. The minimum atomic E-state index is -0.965. The van der Waals surface area contributed by atoms with E-state index < -0.39 is 17.9 Å². The number of aliphatic carboxylic acids is 1. The Kier molecular flexibility index (Phi) is 3.92. The van der Waals surface area contributed by atoms with Gasteiger partial charge in [0.25, 0.3) is 0 Å². The van der Waals surface area contributed by atoms with Crippen molar-refractivity contribution in [3.8, 4) is 0 Å². The van der Waals surface area contributed by atoms with Crippen molar-refractivity contribution >= 4 is 28.7 Å². The molecule has 0 fully saturated rings. The van der Waals surface area contributed by atoms with Crippen molar-refractivity contribution in [1.29, 1.82) is 0 Å². The van der Waals surface area contributed by atoms with E-state index in [-0.39, 0.29) is 11.7 Å². The fourth-order valence-electron chi connectivity index (χ4n) is 0.656. The third-order valence-electron chi connectivity index (χ3n) is 1.51. The number of urea groups is 1. The highest BCUT2D eigenvalue weighted by Crippen LogP contribution is 2.03. The van der Waals surface area contributed by atoms with E-state index in [0.29, 0.717) is 0 Å². The average molecular weight is 231 g/mol. The molecule has 82 valence electrons. The van der Waals surface area contributed by atoms with E-state index in [9.17, 15) is 9.59 Å². The number of rotatable bonds is 4. The lowest BCUT2D eigenvalue weighted by atomic mass is 10.2. The van der Waals surface area contributed by atoms with Crippen LogP contribution in [0.4, 0.5) is 9.93 Å². The zero-order valence-corrected chi connectivity index (χ0v) is 8.61. The molecule has 0 saturated carbocycles. The Hall–Kier alpha value is -1.77. The van der Waals surface area contributed by atoms with Crippen LogP contribution in [0.2, 0.25) is 0 Å². The molecule has 0 aromatic carbocycles. The largest absolute Gasteiger partial charge is 0.481 e. The second-order valence-corrected chi connectivity index (χ2v) is 3.47. The standard InChI is InChI=1S/C6H9N5O3S/c1-3(4(12)13)2-7-5(14)8-6-9-10-11-15-6/h3H,2H2,1H3,(H,12,13)(H2,7,8,9,11,14). The molecule has 1 heterocycles. The van der Waals surface area contributed by atoms with Crippen LogP contribution in [0.25, 0.3) is 0 Å². The molecule has 1 unspecified atom stereocenters. The zero-order valence-electron chi connectivity index (χ0n) is 7.80. The number of nitrogens with zero attached hydrogens (tertiary/aromatic N) is 3. The van der Waals surface area contributed by atoms with Crippen molar-refractivity contribution in [3.63, 3.8) is 0 Å². The summed E-state index contributed by atoms with van der Waals surface area (Å²) in [4.78, 5) is 21.6. The molecule has 1 aromatic rings. The summed E-state index contributed by atoms with van der Waals surface area (Å²) in [6, 6.07) is -0.526. The van der Waals surface area contributed by atoms with Gasteiger partial charge in [0.1, 0.15) is 0 Å². The van der Waals surface area contributed by atoms with Gasteiger partial charge in [-0.2, -0.15) is 0 Å². The molecule has 0 bridgehead atoms. The molecule has 0 aliphatic rings. The van der Waals surface area contributed by atoms with Crippen LogP contribution in [0.3, 0.4) is 0 Å². The van der Waals surface area contributed by atoms with E-state index in [1.54, 1.807) is 0 Å². The number of carboxylic acid groups (broad SMARTS) is 1. The minimum absolute atomic E-state index is 0.0490. The highest BCUT2D eigenvalue weighted by Gasteiger charge is 2.12. The van der Waals surface area contributed by atoms with Gasteiger partial charge in [-0.25, -0.2) is 4.79 Å². The Labute approximate surface area is 88.9 Å². The lowest BCUT2D eigenvalue weighted by Crippen LogP contribution is -2.34. The molecule has 0 aliphatic heterocycles. The summed E-state index contributed by atoms with van der Waals surface area (Å²) < 4.78 is 3.44. The fraction of sp³-hybridized carbons (Fsp3) is 0.500. The first kappa shape index (κ1) is 11.3. The van der Waals surface area contributed by atoms with Gasteiger partial charge >= 0.3 is 12.0 Å². The van der Waals surface area contributed by atoms with Gasteiger partial charge < -0.3 is 10.4 Å². The molecule has 1 rings (SSSR count). The Morgan fingerprint density at radius 3 is 2.87 bits per heavy atom. The number of aromatic nitrogens is 3. The molecule has 0 spiro atoms.